The van der Waals surface area contributed by atoms with Gasteiger partial charge in [0.2, 0.25) is 5.91 Å². The molecule has 0 radical (unpaired) electrons. The summed E-state index contributed by atoms with van der Waals surface area (Å²) >= 11 is 0. The number of hydrogen-bond donors (Lipinski definition) is 2. The average Bonchev–Trinajstić information content (AvgIpc) is 2.86. The van der Waals surface area contributed by atoms with Gasteiger partial charge >= 0.3 is 0 Å². The number of carbonyl (C=O) groups excluding carboxylic acids is 1. The fourth-order valence-electron chi connectivity index (χ4n) is 2.97. The van der Waals surface area contributed by atoms with E-state index >= 15 is 0 Å². The molecule has 0 bridgehead atoms. The SMILES string of the molecule is CCn1nc(CNC[C@H]2CCCC(=O)N2)c2ccccc21. The summed E-state index contributed by atoms with van der Waals surface area (Å²) in [5, 5.41) is 12.3. The normalized spacial score (nSPS) is 18.9. The number of piperidine rings is 1. The van der Waals surface area contributed by atoms with Crippen LogP contribution in [0.5, 0.6) is 0 Å². The molecule has 0 unspecified atom stereocenters. The lowest BCUT2D eigenvalue weighted by Crippen LogP contribution is -2.44. The number of nitrogens with one attached hydrogen (secondary N) is 2. The number of carbonyl (C=O) groups is 1. The minimum atomic E-state index is 0.175. The Morgan fingerprint density at radius 1 is 1.43 bits per heavy atom. The van der Waals surface area contributed by atoms with E-state index in [1.807, 2.05) is 10.7 Å². The smallest absolute Gasteiger partial charge is 0.220 e. The predicted molar refractivity (Wildman–Crippen MR) is 82.9 cm³/mol. The lowest BCUT2D eigenvalue weighted by molar-refractivity contribution is -0.123. The predicted octanol–water partition coefficient (Wildman–Crippen LogP) is 1.81. The molecule has 21 heavy (non-hydrogen) atoms. The van der Waals surface area contributed by atoms with Gasteiger partial charge in [-0.1, -0.05) is 18.2 Å². The largest absolute Gasteiger partial charge is 0.352 e. The molecule has 1 saturated heterocycles. The molecule has 0 saturated carbocycles. The van der Waals surface area contributed by atoms with Crippen molar-refractivity contribution in [3.63, 3.8) is 0 Å². The molecule has 2 heterocycles. The third kappa shape index (κ3) is 3.08. The van der Waals surface area contributed by atoms with Crippen LogP contribution in [0.4, 0.5) is 0 Å². The summed E-state index contributed by atoms with van der Waals surface area (Å²) in [6, 6.07) is 8.58. The van der Waals surface area contributed by atoms with Gasteiger partial charge in [0.15, 0.2) is 0 Å². The summed E-state index contributed by atoms with van der Waals surface area (Å²) in [5.74, 6) is 0.175. The van der Waals surface area contributed by atoms with Crippen molar-refractivity contribution in [2.45, 2.75) is 45.3 Å². The Kier molecular flexibility index (Phi) is 4.20. The zero-order chi connectivity index (χ0) is 14.7. The zero-order valence-corrected chi connectivity index (χ0v) is 12.4. The van der Waals surface area contributed by atoms with E-state index in [9.17, 15) is 4.79 Å². The molecule has 1 fully saturated rings. The number of benzene rings is 1. The number of nitrogens with zero attached hydrogens (tertiary/aromatic N) is 2. The van der Waals surface area contributed by atoms with Gasteiger partial charge in [0.1, 0.15) is 0 Å². The summed E-state index contributed by atoms with van der Waals surface area (Å²) in [4.78, 5) is 11.4. The molecule has 1 aliphatic rings. The molecule has 1 atom stereocenters. The molecule has 1 aromatic heterocycles. The van der Waals surface area contributed by atoms with Crippen LogP contribution in [0.3, 0.4) is 0 Å². The molecule has 5 heteroatoms. The quantitative estimate of drug-likeness (QED) is 0.881. The third-order valence-electron chi connectivity index (χ3n) is 4.04. The van der Waals surface area contributed by atoms with Gasteiger partial charge in [0.25, 0.3) is 0 Å². The maximum atomic E-state index is 11.4. The van der Waals surface area contributed by atoms with E-state index in [0.29, 0.717) is 6.42 Å². The fraction of sp³-hybridized carbons (Fsp3) is 0.500. The number of hydrogen-bond acceptors (Lipinski definition) is 3. The van der Waals surface area contributed by atoms with E-state index in [-0.39, 0.29) is 11.9 Å². The molecular weight excluding hydrogens is 264 g/mol. The van der Waals surface area contributed by atoms with Crippen molar-refractivity contribution in [2.75, 3.05) is 6.54 Å². The van der Waals surface area contributed by atoms with E-state index in [0.717, 1.165) is 38.2 Å². The minimum Gasteiger partial charge on any atom is -0.352 e. The third-order valence-corrected chi connectivity index (χ3v) is 4.04. The number of para-hydroxylation sites is 1. The van der Waals surface area contributed by atoms with Crippen LogP contribution in [0, 0.1) is 0 Å². The summed E-state index contributed by atoms with van der Waals surface area (Å²) in [7, 11) is 0. The van der Waals surface area contributed by atoms with Crippen molar-refractivity contribution < 1.29 is 4.79 Å². The molecule has 3 rings (SSSR count). The van der Waals surface area contributed by atoms with Crippen molar-refractivity contribution >= 4 is 16.8 Å². The summed E-state index contributed by atoms with van der Waals surface area (Å²) in [6.07, 6.45) is 2.72. The van der Waals surface area contributed by atoms with Crippen molar-refractivity contribution in [1.29, 1.82) is 0 Å². The van der Waals surface area contributed by atoms with Crippen molar-refractivity contribution in [1.82, 2.24) is 20.4 Å². The topological polar surface area (TPSA) is 59.0 Å². The van der Waals surface area contributed by atoms with Crippen LogP contribution in [-0.2, 0) is 17.9 Å². The second kappa shape index (κ2) is 6.26. The fourth-order valence-corrected chi connectivity index (χ4v) is 2.97. The van der Waals surface area contributed by atoms with Crippen molar-refractivity contribution in [3.8, 4) is 0 Å². The van der Waals surface area contributed by atoms with E-state index in [1.165, 1.54) is 10.9 Å². The first-order valence-corrected chi connectivity index (χ1v) is 7.72. The molecule has 2 N–H and O–H groups in total. The molecule has 5 nitrogen and oxygen atoms in total. The maximum absolute atomic E-state index is 11.4. The summed E-state index contributed by atoms with van der Waals surface area (Å²) in [5.41, 5.74) is 2.26. The first kappa shape index (κ1) is 14.1. The summed E-state index contributed by atoms with van der Waals surface area (Å²) in [6.45, 7) is 4.52. The summed E-state index contributed by atoms with van der Waals surface area (Å²) < 4.78 is 2.04. The lowest BCUT2D eigenvalue weighted by Gasteiger charge is -2.23. The number of fused-ring (bicyclic) bond motifs is 1. The molecule has 1 aliphatic heterocycles. The Morgan fingerprint density at radius 2 is 2.29 bits per heavy atom. The van der Waals surface area contributed by atoms with Crippen LogP contribution < -0.4 is 10.6 Å². The highest BCUT2D eigenvalue weighted by molar-refractivity contribution is 5.81. The molecule has 0 aliphatic carbocycles. The molecular formula is C16H22N4O. The lowest BCUT2D eigenvalue weighted by atomic mass is 10.0. The number of aromatic nitrogens is 2. The molecule has 0 spiro atoms. The van der Waals surface area contributed by atoms with Crippen molar-refractivity contribution in [3.05, 3.63) is 30.0 Å². The zero-order valence-electron chi connectivity index (χ0n) is 12.4. The van der Waals surface area contributed by atoms with Gasteiger partial charge in [-0.2, -0.15) is 5.10 Å². The van der Waals surface area contributed by atoms with Crippen LogP contribution >= 0.6 is 0 Å². The highest BCUT2D eigenvalue weighted by Gasteiger charge is 2.17. The van der Waals surface area contributed by atoms with Crippen molar-refractivity contribution in [2.24, 2.45) is 0 Å². The molecule has 1 amide bonds. The maximum Gasteiger partial charge on any atom is 0.220 e. The molecule has 2 aromatic rings. The molecule has 1 aromatic carbocycles. The highest BCUT2D eigenvalue weighted by atomic mass is 16.1. The van der Waals surface area contributed by atoms with Crippen LogP contribution in [0.25, 0.3) is 10.9 Å². The first-order valence-electron chi connectivity index (χ1n) is 7.72. The van der Waals surface area contributed by atoms with Crippen LogP contribution in [0.1, 0.15) is 31.9 Å². The van der Waals surface area contributed by atoms with Crippen LogP contribution in [0.15, 0.2) is 24.3 Å². The van der Waals surface area contributed by atoms with Crippen LogP contribution in [0.2, 0.25) is 0 Å². The Labute approximate surface area is 124 Å². The van der Waals surface area contributed by atoms with Gasteiger partial charge in [0.05, 0.1) is 11.2 Å². The van der Waals surface area contributed by atoms with E-state index in [4.69, 9.17) is 0 Å². The van der Waals surface area contributed by atoms with E-state index in [2.05, 4.69) is 40.9 Å². The second-order valence-corrected chi connectivity index (χ2v) is 5.57. The van der Waals surface area contributed by atoms with Gasteiger partial charge < -0.3 is 10.6 Å². The van der Waals surface area contributed by atoms with E-state index < -0.39 is 0 Å². The average molecular weight is 286 g/mol. The molecule has 112 valence electrons. The Bertz CT molecular complexity index is 634. The number of amides is 1. The van der Waals surface area contributed by atoms with Crippen LogP contribution in [-0.4, -0.2) is 28.3 Å². The Hall–Kier alpha value is -1.88. The van der Waals surface area contributed by atoms with Gasteiger partial charge in [0, 0.05) is 37.5 Å². The Morgan fingerprint density at radius 3 is 3.10 bits per heavy atom. The second-order valence-electron chi connectivity index (χ2n) is 5.57. The highest BCUT2D eigenvalue weighted by Crippen LogP contribution is 2.18. The first-order chi connectivity index (χ1) is 10.3. The Balaban J connectivity index is 1.64. The van der Waals surface area contributed by atoms with Gasteiger partial charge in [-0.05, 0) is 25.8 Å². The van der Waals surface area contributed by atoms with Gasteiger partial charge in [-0.25, -0.2) is 0 Å². The van der Waals surface area contributed by atoms with E-state index in [1.54, 1.807) is 0 Å². The number of aryl methyl sites for hydroxylation is 1. The monoisotopic (exact) mass is 286 g/mol. The number of rotatable bonds is 5. The van der Waals surface area contributed by atoms with Gasteiger partial charge in [-0.15, -0.1) is 0 Å². The standard InChI is InChI=1S/C16H22N4O/c1-2-20-15-8-4-3-7-13(15)14(19-20)11-17-10-12-6-5-9-16(21)18-12/h3-4,7-8,12,17H,2,5-6,9-11H2,1H3,(H,18,21)/t12-/m1/s1. The minimum absolute atomic E-state index is 0.175. The van der Waals surface area contributed by atoms with Gasteiger partial charge in [-0.3, -0.25) is 9.48 Å².